The molecule has 5 nitrogen and oxygen atoms in total. The highest BCUT2D eigenvalue weighted by Crippen LogP contribution is 2.17. The van der Waals surface area contributed by atoms with Gasteiger partial charge in [0.2, 0.25) is 0 Å². The number of anilines is 1. The Balaban J connectivity index is 2.26. The third kappa shape index (κ3) is 1.91. The van der Waals surface area contributed by atoms with Gasteiger partial charge in [0.1, 0.15) is 12.1 Å². The van der Waals surface area contributed by atoms with Crippen LogP contribution >= 0.6 is 0 Å². The molecular formula is C10H15N5. The molecule has 0 saturated carbocycles. The van der Waals surface area contributed by atoms with Gasteiger partial charge in [-0.15, -0.1) is 0 Å². The minimum atomic E-state index is 0.865. The number of unbranched alkanes of at least 4 members (excludes halogenated alkanes) is 1. The van der Waals surface area contributed by atoms with Gasteiger partial charge >= 0.3 is 0 Å². The van der Waals surface area contributed by atoms with E-state index in [2.05, 4.69) is 27.3 Å². The molecule has 0 fully saturated rings. The Hall–Kier alpha value is -1.65. The predicted octanol–water partition coefficient (Wildman–Crippen LogP) is 1.58. The highest BCUT2D eigenvalue weighted by Gasteiger charge is 2.06. The molecule has 0 aliphatic carbocycles. The van der Waals surface area contributed by atoms with Crippen molar-refractivity contribution < 1.29 is 0 Å². The molecule has 0 radical (unpaired) electrons. The first-order valence-electron chi connectivity index (χ1n) is 5.19. The van der Waals surface area contributed by atoms with Crippen molar-refractivity contribution in [1.82, 2.24) is 19.7 Å². The van der Waals surface area contributed by atoms with E-state index in [1.807, 2.05) is 7.05 Å². The highest BCUT2D eigenvalue weighted by molar-refractivity contribution is 5.85. The van der Waals surface area contributed by atoms with Crippen molar-refractivity contribution in [1.29, 1.82) is 0 Å². The van der Waals surface area contributed by atoms with E-state index in [4.69, 9.17) is 0 Å². The zero-order valence-electron chi connectivity index (χ0n) is 9.06. The van der Waals surface area contributed by atoms with E-state index in [1.165, 1.54) is 6.42 Å². The molecule has 0 aliphatic heterocycles. The Labute approximate surface area is 88.5 Å². The Kier molecular flexibility index (Phi) is 2.80. The van der Waals surface area contributed by atoms with Gasteiger partial charge in [-0.05, 0) is 6.42 Å². The number of nitrogens with zero attached hydrogens (tertiary/aromatic N) is 4. The number of fused-ring (bicyclic) bond motifs is 1. The molecule has 1 N–H and O–H groups in total. The summed E-state index contributed by atoms with van der Waals surface area (Å²) in [6.45, 7) is 3.11. The second-order valence-electron chi connectivity index (χ2n) is 3.51. The van der Waals surface area contributed by atoms with E-state index in [1.54, 1.807) is 17.2 Å². The molecule has 0 aliphatic rings. The molecule has 15 heavy (non-hydrogen) atoms. The first-order valence-corrected chi connectivity index (χ1v) is 5.19. The fourth-order valence-corrected chi connectivity index (χ4v) is 1.49. The van der Waals surface area contributed by atoms with E-state index in [0.29, 0.717) is 0 Å². The maximum atomic E-state index is 4.22. The molecule has 5 heteroatoms. The van der Waals surface area contributed by atoms with Gasteiger partial charge in [0, 0.05) is 13.6 Å². The monoisotopic (exact) mass is 205 g/mol. The van der Waals surface area contributed by atoms with Crippen LogP contribution in [-0.4, -0.2) is 26.3 Å². The van der Waals surface area contributed by atoms with Crippen molar-refractivity contribution in [3.05, 3.63) is 12.5 Å². The smallest absolute Gasteiger partial charge is 0.163 e. The van der Waals surface area contributed by atoms with Crippen LogP contribution in [0, 0.1) is 0 Å². The molecule has 2 aromatic heterocycles. The van der Waals surface area contributed by atoms with Crippen molar-refractivity contribution in [3.63, 3.8) is 0 Å². The second-order valence-corrected chi connectivity index (χ2v) is 3.51. The van der Waals surface area contributed by atoms with Crippen molar-refractivity contribution in [2.24, 2.45) is 7.05 Å². The number of hydrogen-bond donors (Lipinski definition) is 1. The number of aromatic nitrogens is 4. The summed E-state index contributed by atoms with van der Waals surface area (Å²) < 4.78 is 1.75. The molecule has 2 rings (SSSR count). The second kappa shape index (κ2) is 4.25. The lowest BCUT2D eigenvalue weighted by atomic mass is 10.3. The summed E-state index contributed by atoms with van der Waals surface area (Å²) in [4.78, 5) is 8.40. The van der Waals surface area contributed by atoms with Crippen molar-refractivity contribution >= 4 is 16.9 Å². The quantitative estimate of drug-likeness (QED) is 0.770. The van der Waals surface area contributed by atoms with E-state index in [0.717, 1.165) is 29.8 Å². The maximum absolute atomic E-state index is 4.22. The SMILES string of the molecule is CCCCNc1ncnc2c1cnn2C. The largest absolute Gasteiger partial charge is 0.369 e. The molecule has 0 amide bonds. The predicted molar refractivity (Wildman–Crippen MR) is 59.7 cm³/mol. The Morgan fingerprint density at radius 3 is 3.07 bits per heavy atom. The van der Waals surface area contributed by atoms with Crippen LogP contribution < -0.4 is 5.32 Å². The standard InChI is InChI=1S/C10H15N5/c1-3-4-5-11-9-8-6-14-15(2)10(8)13-7-12-9/h6-7H,3-5H2,1-2H3,(H,11,12,13). The summed E-state index contributed by atoms with van der Waals surface area (Å²) in [6, 6.07) is 0. The summed E-state index contributed by atoms with van der Waals surface area (Å²) >= 11 is 0. The van der Waals surface area contributed by atoms with Crippen LogP contribution in [0.4, 0.5) is 5.82 Å². The molecule has 80 valence electrons. The molecular weight excluding hydrogens is 190 g/mol. The normalized spacial score (nSPS) is 10.8. The van der Waals surface area contributed by atoms with Crippen LogP contribution in [0.5, 0.6) is 0 Å². The van der Waals surface area contributed by atoms with Crippen LogP contribution in [0.3, 0.4) is 0 Å². The average molecular weight is 205 g/mol. The van der Waals surface area contributed by atoms with E-state index >= 15 is 0 Å². The number of hydrogen-bond acceptors (Lipinski definition) is 4. The van der Waals surface area contributed by atoms with Gasteiger partial charge in [-0.25, -0.2) is 9.97 Å². The summed E-state index contributed by atoms with van der Waals surface area (Å²) in [6.07, 6.45) is 5.68. The van der Waals surface area contributed by atoms with Gasteiger partial charge in [0.05, 0.1) is 11.6 Å². The minimum Gasteiger partial charge on any atom is -0.369 e. The summed E-state index contributed by atoms with van der Waals surface area (Å²) in [5.41, 5.74) is 0.865. The maximum Gasteiger partial charge on any atom is 0.163 e. The Morgan fingerprint density at radius 2 is 2.27 bits per heavy atom. The van der Waals surface area contributed by atoms with Crippen molar-refractivity contribution in [2.45, 2.75) is 19.8 Å². The fourth-order valence-electron chi connectivity index (χ4n) is 1.49. The van der Waals surface area contributed by atoms with E-state index in [9.17, 15) is 0 Å². The molecule has 0 saturated heterocycles. The van der Waals surface area contributed by atoms with Crippen LogP contribution in [0.15, 0.2) is 12.5 Å². The van der Waals surface area contributed by atoms with Crippen LogP contribution in [0.1, 0.15) is 19.8 Å². The van der Waals surface area contributed by atoms with Crippen LogP contribution in [0.25, 0.3) is 11.0 Å². The van der Waals surface area contributed by atoms with Crippen LogP contribution in [-0.2, 0) is 7.05 Å². The Morgan fingerprint density at radius 1 is 1.40 bits per heavy atom. The van der Waals surface area contributed by atoms with Crippen LogP contribution in [0.2, 0.25) is 0 Å². The summed E-state index contributed by atoms with van der Waals surface area (Å²) in [5.74, 6) is 0.876. The summed E-state index contributed by atoms with van der Waals surface area (Å²) in [7, 11) is 1.88. The molecule has 0 atom stereocenters. The van der Waals surface area contributed by atoms with E-state index in [-0.39, 0.29) is 0 Å². The van der Waals surface area contributed by atoms with Crippen molar-refractivity contribution in [3.8, 4) is 0 Å². The highest BCUT2D eigenvalue weighted by atomic mass is 15.3. The first kappa shape index (κ1) is 9.89. The first-order chi connectivity index (χ1) is 7.33. The molecule has 2 aromatic rings. The van der Waals surface area contributed by atoms with Gasteiger partial charge in [-0.2, -0.15) is 5.10 Å². The zero-order valence-corrected chi connectivity index (χ0v) is 9.06. The lowest BCUT2D eigenvalue weighted by molar-refractivity contribution is 0.785. The third-order valence-corrected chi connectivity index (χ3v) is 2.35. The Bertz CT molecular complexity index is 448. The van der Waals surface area contributed by atoms with E-state index < -0.39 is 0 Å². The molecule has 0 aromatic carbocycles. The minimum absolute atomic E-state index is 0.865. The van der Waals surface area contributed by atoms with Gasteiger partial charge in [0.15, 0.2) is 5.65 Å². The molecule has 0 unspecified atom stereocenters. The number of nitrogens with one attached hydrogen (secondary N) is 1. The van der Waals surface area contributed by atoms with Crippen molar-refractivity contribution in [2.75, 3.05) is 11.9 Å². The topological polar surface area (TPSA) is 55.6 Å². The van der Waals surface area contributed by atoms with Gasteiger partial charge < -0.3 is 5.32 Å². The molecule has 2 heterocycles. The number of aryl methyl sites for hydroxylation is 1. The average Bonchev–Trinajstić information content (AvgIpc) is 2.62. The van der Waals surface area contributed by atoms with Gasteiger partial charge in [-0.3, -0.25) is 4.68 Å². The lowest BCUT2D eigenvalue weighted by Gasteiger charge is -2.04. The van der Waals surface area contributed by atoms with Gasteiger partial charge in [-0.1, -0.05) is 13.3 Å². The zero-order chi connectivity index (χ0) is 10.7. The molecule has 0 bridgehead atoms. The number of rotatable bonds is 4. The lowest BCUT2D eigenvalue weighted by Crippen LogP contribution is -2.03. The fraction of sp³-hybridized carbons (Fsp3) is 0.500. The molecule has 0 spiro atoms. The van der Waals surface area contributed by atoms with Gasteiger partial charge in [0.25, 0.3) is 0 Å². The summed E-state index contributed by atoms with van der Waals surface area (Å²) in [5, 5.41) is 8.44. The third-order valence-electron chi connectivity index (χ3n) is 2.35.